The van der Waals surface area contributed by atoms with Gasteiger partial charge in [0.2, 0.25) is 0 Å². The minimum Gasteiger partial charge on any atom is -0.508 e. The van der Waals surface area contributed by atoms with Crippen molar-refractivity contribution in [3.63, 3.8) is 0 Å². The van der Waals surface area contributed by atoms with E-state index in [1.807, 2.05) is 0 Å². The van der Waals surface area contributed by atoms with E-state index in [2.05, 4.69) is 0 Å². The van der Waals surface area contributed by atoms with Crippen LogP contribution in [0.3, 0.4) is 0 Å². The van der Waals surface area contributed by atoms with Gasteiger partial charge >= 0.3 is 35.8 Å². The van der Waals surface area contributed by atoms with Gasteiger partial charge in [0.1, 0.15) is 34.5 Å². The van der Waals surface area contributed by atoms with Gasteiger partial charge in [-0.25, -0.2) is 0 Å². The van der Waals surface area contributed by atoms with Crippen LogP contribution in [0.5, 0.6) is 34.5 Å². The summed E-state index contributed by atoms with van der Waals surface area (Å²) in [7, 11) is 0. The number of hydrogen-bond donors (Lipinski definition) is 2. The molecule has 0 spiro atoms. The van der Waals surface area contributed by atoms with Crippen LogP contribution in [0.25, 0.3) is 0 Å². The smallest absolute Gasteiger partial charge is 0.315 e. The fourth-order valence-electron chi connectivity index (χ4n) is 5.84. The fraction of sp³-hybridized carbons (Fsp3) is 0.125. The fourth-order valence-corrected chi connectivity index (χ4v) is 5.84. The summed E-state index contributed by atoms with van der Waals surface area (Å²) in [4.78, 5) is 73.2. The Bertz CT molecular complexity index is 2470. The van der Waals surface area contributed by atoms with Crippen molar-refractivity contribution in [1.29, 1.82) is 0 Å². The standard InChI is InChI=1S/C48H38O13/c49-37-13-1-32(2-14-37)26-44(52)58-39-17-5-34(6-18-39)28-46(54)60-41-21-9-36(10-22-41)30-48(56)61-42-23-11-35(12-24-42)29-47(55)59-40-19-7-33(8-20-40)27-45(53)57-38-15-3-31(4-16-38)25-43(50)51/h1-24,49H,25-30H2,(H,50,51). The van der Waals surface area contributed by atoms with E-state index in [-0.39, 0.29) is 50.0 Å². The van der Waals surface area contributed by atoms with E-state index in [0.717, 1.165) is 0 Å². The Morgan fingerprint density at radius 3 is 0.672 bits per heavy atom. The van der Waals surface area contributed by atoms with Gasteiger partial charge < -0.3 is 33.9 Å². The first kappa shape index (κ1) is 42.5. The second kappa shape index (κ2) is 20.6. The molecule has 0 atom stereocenters. The lowest BCUT2D eigenvalue weighted by molar-refractivity contribution is -0.136. The molecule has 0 fully saturated rings. The molecule has 0 heterocycles. The predicted molar refractivity (Wildman–Crippen MR) is 218 cm³/mol. The van der Waals surface area contributed by atoms with Gasteiger partial charge in [0.15, 0.2) is 0 Å². The summed E-state index contributed by atoms with van der Waals surface area (Å²) in [6.07, 6.45) is -0.230. The molecule has 61 heavy (non-hydrogen) atoms. The summed E-state index contributed by atoms with van der Waals surface area (Å²) in [6.45, 7) is 0. The van der Waals surface area contributed by atoms with Crippen molar-refractivity contribution in [3.8, 4) is 34.5 Å². The zero-order chi connectivity index (χ0) is 43.1. The molecule has 0 aliphatic carbocycles. The van der Waals surface area contributed by atoms with E-state index in [0.29, 0.717) is 56.4 Å². The largest absolute Gasteiger partial charge is 0.508 e. The molecule has 6 aromatic carbocycles. The lowest BCUT2D eigenvalue weighted by Gasteiger charge is -2.09. The molecule has 6 rings (SSSR count). The van der Waals surface area contributed by atoms with E-state index in [4.69, 9.17) is 28.8 Å². The van der Waals surface area contributed by atoms with Gasteiger partial charge in [0.25, 0.3) is 0 Å². The van der Waals surface area contributed by atoms with Gasteiger partial charge in [-0.15, -0.1) is 0 Å². The third-order valence-electron chi connectivity index (χ3n) is 8.81. The Labute approximate surface area is 349 Å². The van der Waals surface area contributed by atoms with E-state index >= 15 is 0 Å². The molecule has 0 aliphatic heterocycles. The molecule has 0 bridgehead atoms. The number of phenols is 1. The van der Waals surface area contributed by atoms with Crippen LogP contribution in [0, 0.1) is 0 Å². The molecule has 0 radical (unpaired) electrons. The molecule has 6 aromatic rings. The van der Waals surface area contributed by atoms with Gasteiger partial charge in [-0.2, -0.15) is 0 Å². The summed E-state index contributed by atoms with van der Waals surface area (Å²) in [6, 6.07) is 38.3. The minimum atomic E-state index is -0.955. The normalized spacial score (nSPS) is 10.6. The van der Waals surface area contributed by atoms with Crippen LogP contribution in [0.4, 0.5) is 0 Å². The van der Waals surface area contributed by atoms with Gasteiger partial charge in [0, 0.05) is 0 Å². The molecule has 0 amide bonds. The minimum absolute atomic E-state index is 0.0237. The number of rotatable bonds is 17. The van der Waals surface area contributed by atoms with Crippen molar-refractivity contribution in [3.05, 3.63) is 179 Å². The Kier molecular flexibility index (Phi) is 14.3. The summed E-state index contributed by atoms with van der Waals surface area (Å²) < 4.78 is 27.0. The lowest BCUT2D eigenvalue weighted by Crippen LogP contribution is -2.13. The SMILES string of the molecule is O=C(O)Cc1ccc(OC(=O)Cc2ccc(OC(=O)Cc3ccc(OC(=O)Cc4ccc(OC(=O)Cc5ccc(OC(=O)Cc6ccc(O)cc6)cc5)cc4)cc3)cc2)cc1. The van der Waals surface area contributed by atoms with Crippen molar-refractivity contribution < 1.29 is 62.7 Å². The molecule has 2 N–H and O–H groups in total. The van der Waals surface area contributed by atoms with Crippen LogP contribution in [0.1, 0.15) is 33.4 Å². The maximum atomic E-state index is 12.6. The number of benzene rings is 6. The zero-order valence-electron chi connectivity index (χ0n) is 32.5. The van der Waals surface area contributed by atoms with Gasteiger partial charge in [-0.05, 0) is 106 Å². The first-order valence-electron chi connectivity index (χ1n) is 18.9. The number of carboxylic acid groups (broad SMARTS) is 1. The highest BCUT2D eigenvalue weighted by molar-refractivity contribution is 5.79. The Balaban J connectivity index is 0.876. The van der Waals surface area contributed by atoms with E-state index in [1.54, 1.807) is 121 Å². The van der Waals surface area contributed by atoms with Crippen molar-refractivity contribution in [2.45, 2.75) is 38.5 Å². The summed E-state index contributed by atoms with van der Waals surface area (Å²) in [5, 5.41) is 18.3. The average Bonchev–Trinajstić information content (AvgIpc) is 3.22. The topological polar surface area (TPSA) is 189 Å². The van der Waals surface area contributed by atoms with Crippen molar-refractivity contribution in [2.75, 3.05) is 0 Å². The molecular weight excluding hydrogens is 785 g/mol. The molecule has 308 valence electrons. The van der Waals surface area contributed by atoms with Crippen LogP contribution >= 0.6 is 0 Å². The third kappa shape index (κ3) is 14.1. The zero-order valence-corrected chi connectivity index (χ0v) is 32.5. The maximum absolute atomic E-state index is 12.6. The molecule has 0 aliphatic rings. The van der Waals surface area contributed by atoms with E-state index < -0.39 is 35.8 Å². The highest BCUT2D eigenvalue weighted by Crippen LogP contribution is 2.20. The average molecular weight is 823 g/mol. The van der Waals surface area contributed by atoms with E-state index in [9.17, 15) is 33.9 Å². The van der Waals surface area contributed by atoms with Crippen molar-refractivity contribution >= 4 is 35.8 Å². The van der Waals surface area contributed by atoms with Gasteiger partial charge in [-0.3, -0.25) is 28.8 Å². The summed E-state index contributed by atoms with van der Waals surface area (Å²) in [5.74, 6) is -1.86. The van der Waals surface area contributed by atoms with Crippen LogP contribution in [0.2, 0.25) is 0 Å². The molecular formula is C48H38O13. The van der Waals surface area contributed by atoms with Gasteiger partial charge in [0.05, 0.1) is 38.5 Å². The van der Waals surface area contributed by atoms with Crippen LogP contribution in [-0.4, -0.2) is 46.0 Å². The second-order valence-corrected chi connectivity index (χ2v) is 13.7. The first-order valence-corrected chi connectivity index (χ1v) is 18.9. The number of carbonyl (C=O) groups excluding carboxylic acids is 5. The number of carbonyl (C=O) groups is 6. The predicted octanol–water partition coefficient (Wildman–Crippen LogP) is 6.76. The van der Waals surface area contributed by atoms with Crippen LogP contribution in [0.15, 0.2) is 146 Å². The van der Waals surface area contributed by atoms with Crippen molar-refractivity contribution in [2.24, 2.45) is 0 Å². The maximum Gasteiger partial charge on any atom is 0.315 e. The molecule has 0 unspecified atom stereocenters. The monoisotopic (exact) mass is 822 g/mol. The van der Waals surface area contributed by atoms with Gasteiger partial charge in [-0.1, -0.05) is 72.8 Å². The number of aliphatic carboxylic acids is 1. The van der Waals surface area contributed by atoms with Crippen molar-refractivity contribution in [1.82, 2.24) is 0 Å². The third-order valence-corrected chi connectivity index (χ3v) is 8.81. The van der Waals surface area contributed by atoms with E-state index in [1.165, 1.54) is 24.3 Å². The Morgan fingerprint density at radius 1 is 0.295 bits per heavy atom. The Hall–Kier alpha value is -8.06. The molecule has 0 saturated carbocycles. The number of esters is 5. The number of carboxylic acids is 1. The molecule has 0 aromatic heterocycles. The molecule has 13 heteroatoms. The van der Waals surface area contributed by atoms with Crippen LogP contribution in [-0.2, 0) is 67.3 Å². The number of hydrogen-bond acceptors (Lipinski definition) is 12. The quantitative estimate of drug-likeness (QED) is 0.0726. The highest BCUT2D eigenvalue weighted by atomic mass is 16.6. The first-order chi connectivity index (χ1) is 29.4. The lowest BCUT2D eigenvalue weighted by atomic mass is 10.1. The summed E-state index contributed by atoms with van der Waals surface area (Å²) >= 11 is 0. The number of phenolic OH excluding ortho intramolecular Hbond substituents is 1. The van der Waals surface area contributed by atoms with Crippen LogP contribution < -0.4 is 23.7 Å². The number of ether oxygens (including phenoxy) is 5. The number of aromatic hydroxyl groups is 1. The second-order valence-electron chi connectivity index (χ2n) is 13.7. The summed E-state index contributed by atoms with van der Waals surface area (Å²) in [5.41, 5.74) is 3.84. The highest BCUT2D eigenvalue weighted by Gasteiger charge is 2.14. The molecule has 13 nitrogen and oxygen atoms in total. The molecule has 0 saturated heterocycles. The Morgan fingerprint density at radius 2 is 0.475 bits per heavy atom.